The van der Waals surface area contributed by atoms with Gasteiger partial charge >= 0.3 is 0 Å². The zero-order valence-corrected chi connectivity index (χ0v) is 35.6. The van der Waals surface area contributed by atoms with Gasteiger partial charge in [0.05, 0.1) is 11.1 Å². The van der Waals surface area contributed by atoms with Crippen molar-refractivity contribution < 1.29 is 4.42 Å². The van der Waals surface area contributed by atoms with Crippen LogP contribution in [-0.4, -0.2) is 0 Å². The van der Waals surface area contributed by atoms with E-state index in [0.29, 0.717) is 0 Å². The topological polar surface area (TPSA) is 16.4 Å². The fourth-order valence-corrected chi connectivity index (χ4v) is 11.7. The molecule has 12 aromatic rings. The van der Waals surface area contributed by atoms with Gasteiger partial charge in [0, 0.05) is 47.9 Å². The van der Waals surface area contributed by atoms with Crippen molar-refractivity contribution in [1.29, 1.82) is 0 Å². The number of thiophene rings is 1. The van der Waals surface area contributed by atoms with Gasteiger partial charge < -0.3 is 9.32 Å². The van der Waals surface area contributed by atoms with Gasteiger partial charge in [0.2, 0.25) is 0 Å². The highest BCUT2D eigenvalue weighted by Crippen LogP contribution is 2.56. The lowest BCUT2D eigenvalue weighted by atomic mass is 9.67. The normalized spacial score (nSPS) is 12.8. The summed E-state index contributed by atoms with van der Waals surface area (Å²) in [5.74, 6) is 0. The second-order valence-electron chi connectivity index (χ2n) is 16.7. The second-order valence-corrected chi connectivity index (χ2v) is 17.8. The van der Waals surface area contributed by atoms with Crippen molar-refractivity contribution in [2.24, 2.45) is 0 Å². The molecule has 0 amide bonds. The van der Waals surface area contributed by atoms with Gasteiger partial charge in [0.15, 0.2) is 5.58 Å². The van der Waals surface area contributed by atoms with Crippen molar-refractivity contribution in [3.05, 3.63) is 259 Å². The van der Waals surface area contributed by atoms with E-state index in [4.69, 9.17) is 4.42 Å². The van der Waals surface area contributed by atoms with Crippen LogP contribution in [0.15, 0.2) is 241 Å². The van der Waals surface area contributed by atoms with Gasteiger partial charge in [-0.1, -0.05) is 200 Å². The van der Waals surface area contributed by atoms with Gasteiger partial charge in [-0.3, -0.25) is 0 Å². The Hall–Kier alpha value is -7.98. The summed E-state index contributed by atoms with van der Waals surface area (Å²) in [6, 6.07) is 86.3. The van der Waals surface area contributed by atoms with E-state index >= 15 is 0 Å². The molecule has 0 radical (unpaired) electrons. The molecule has 10 aromatic carbocycles. The van der Waals surface area contributed by atoms with Crippen LogP contribution in [0.4, 0.5) is 17.1 Å². The lowest BCUT2D eigenvalue weighted by molar-refractivity contribution is 0.670. The molecule has 0 atom stereocenters. The van der Waals surface area contributed by atoms with E-state index in [2.05, 4.69) is 241 Å². The Morgan fingerprint density at radius 2 is 0.875 bits per heavy atom. The summed E-state index contributed by atoms with van der Waals surface area (Å²) in [5.41, 5.74) is 16.8. The van der Waals surface area contributed by atoms with E-state index in [1.807, 2.05) is 11.3 Å². The van der Waals surface area contributed by atoms with E-state index in [9.17, 15) is 0 Å². The van der Waals surface area contributed by atoms with Gasteiger partial charge in [0.25, 0.3) is 0 Å². The summed E-state index contributed by atoms with van der Waals surface area (Å²) >= 11 is 1.84. The average molecular weight is 834 g/mol. The molecule has 0 spiro atoms. The molecule has 3 heteroatoms. The largest absolute Gasteiger partial charge is 0.453 e. The van der Waals surface area contributed by atoms with Crippen LogP contribution in [0.5, 0.6) is 0 Å². The monoisotopic (exact) mass is 833 g/mol. The predicted molar refractivity (Wildman–Crippen MR) is 269 cm³/mol. The van der Waals surface area contributed by atoms with Gasteiger partial charge in [-0.15, -0.1) is 11.3 Å². The summed E-state index contributed by atoms with van der Waals surface area (Å²) in [6.07, 6.45) is 0. The number of furan rings is 1. The third-order valence-electron chi connectivity index (χ3n) is 13.4. The van der Waals surface area contributed by atoms with Crippen LogP contribution in [0.1, 0.15) is 22.3 Å². The van der Waals surface area contributed by atoms with Crippen LogP contribution in [0.3, 0.4) is 0 Å². The number of hydrogen-bond acceptors (Lipinski definition) is 3. The number of benzene rings is 10. The predicted octanol–water partition coefficient (Wildman–Crippen LogP) is 17.1. The second kappa shape index (κ2) is 14.6. The van der Waals surface area contributed by atoms with Gasteiger partial charge in [-0.05, 0) is 86.5 Å². The first-order valence-electron chi connectivity index (χ1n) is 21.9. The Labute approximate surface area is 375 Å². The highest BCUT2D eigenvalue weighted by molar-refractivity contribution is 7.25. The number of rotatable bonds is 7. The maximum Gasteiger partial charge on any atom is 0.159 e. The molecule has 2 heterocycles. The molecule has 0 saturated heterocycles. The quantitative estimate of drug-likeness (QED) is 0.159. The Morgan fingerprint density at radius 1 is 0.344 bits per heavy atom. The summed E-state index contributed by atoms with van der Waals surface area (Å²) in [5, 5.41) is 4.77. The molecule has 0 saturated carbocycles. The first kappa shape index (κ1) is 36.7. The highest BCUT2D eigenvalue weighted by Gasteiger charge is 2.45. The van der Waals surface area contributed by atoms with Crippen LogP contribution < -0.4 is 4.90 Å². The fraction of sp³-hybridized carbons (Fsp3) is 0.0164. The van der Waals surface area contributed by atoms with Crippen LogP contribution in [0.25, 0.3) is 75.5 Å². The van der Waals surface area contributed by atoms with E-state index in [-0.39, 0.29) is 0 Å². The molecule has 0 unspecified atom stereocenters. The summed E-state index contributed by atoms with van der Waals surface area (Å²) in [7, 11) is 0. The van der Waals surface area contributed by atoms with Gasteiger partial charge in [0.1, 0.15) is 5.58 Å². The number of hydrogen-bond donors (Lipinski definition) is 0. The van der Waals surface area contributed by atoms with E-state index in [0.717, 1.165) is 55.7 Å². The average Bonchev–Trinajstić information content (AvgIpc) is 4.04. The minimum atomic E-state index is -0.424. The van der Waals surface area contributed by atoms with Crippen LogP contribution in [0.2, 0.25) is 0 Å². The van der Waals surface area contributed by atoms with Gasteiger partial charge in [-0.2, -0.15) is 0 Å². The van der Waals surface area contributed by atoms with Crippen molar-refractivity contribution >= 4 is 70.5 Å². The molecular weight excluding hydrogens is 795 g/mol. The van der Waals surface area contributed by atoms with Crippen molar-refractivity contribution in [1.82, 2.24) is 0 Å². The van der Waals surface area contributed by atoms with Crippen molar-refractivity contribution in [2.75, 3.05) is 4.90 Å². The Kier molecular flexibility index (Phi) is 8.34. The highest BCUT2D eigenvalue weighted by atomic mass is 32.1. The summed E-state index contributed by atoms with van der Waals surface area (Å²) < 4.78 is 9.57. The number of para-hydroxylation sites is 2. The van der Waals surface area contributed by atoms with E-state index in [1.54, 1.807) is 0 Å². The molecule has 64 heavy (non-hydrogen) atoms. The maximum absolute atomic E-state index is 7.02. The molecule has 0 N–H and O–H groups in total. The molecule has 2 aromatic heterocycles. The lowest BCUT2D eigenvalue weighted by Gasteiger charge is -2.34. The third-order valence-corrected chi connectivity index (χ3v) is 14.5. The number of nitrogens with zero attached hydrogens (tertiary/aromatic N) is 1. The van der Waals surface area contributed by atoms with Gasteiger partial charge in [-0.25, -0.2) is 0 Å². The first-order chi connectivity index (χ1) is 31.7. The third kappa shape index (κ3) is 5.51. The van der Waals surface area contributed by atoms with Crippen molar-refractivity contribution in [3.63, 3.8) is 0 Å². The van der Waals surface area contributed by atoms with Crippen molar-refractivity contribution in [2.45, 2.75) is 5.41 Å². The Bertz CT molecular complexity index is 3670. The summed E-state index contributed by atoms with van der Waals surface area (Å²) in [4.78, 5) is 2.36. The molecule has 13 rings (SSSR count). The van der Waals surface area contributed by atoms with E-state index in [1.165, 1.54) is 59.1 Å². The van der Waals surface area contributed by atoms with Crippen LogP contribution in [0, 0.1) is 0 Å². The maximum atomic E-state index is 7.02. The zero-order chi connectivity index (χ0) is 42.2. The smallest absolute Gasteiger partial charge is 0.159 e. The Balaban J connectivity index is 0.940. The van der Waals surface area contributed by atoms with Crippen LogP contribution >= 0.6 is 11.3 Å². The minimum absolute atomic E-state index is 0.424. The van der Waals surface area contributed by atoms with Crippen molar-refractivity contribution in [3.8, 4) is 33.4 Å². The lowest BCUT2D eigenvalue weighted by Crippen LogP contribution is -2.28. The zero-order valence-electron chi connectivity index (χ0n) is 34.8. The molecule has 0 fully saturated rings. The number of fused-ring (bicyclic) bond motifs is 9. The molecule has 2 nitrogen and oxygen atoms in total. The van der Waals surface area contributed by atoms with E-state index < -0.39 is 5.41 Å². The molecule has 0 bridgehead atoms. The Morgan fingerprint density at radius 3 is 1.61 bits per heavy atom. The fourth-order valence-electron chi connectivity index (χ4n) is 10.5. The number of anilines is 3. The standard InChI is InChI=1S/C61H39NOS/c1-3-15-42(16-4-1)47-22-13-23-52-53-24-14-27-56(60(53)63-59(47)52)62(46-37-38-51-50-21-9-12-28-57(50)64-58(51)39-46)45-35-31-41(32-36-45)40-29-33-44(34-30-40)61(43-17-5-2-6-18-43)54-25-10-7-19-48(54)49-20-8-11-26-55(49)61/h1-39H. The minimum Gasteiger partial charge on any atom is -0.453 e. The SMILES string of the molecule is c1ccc(-c2cccc3c2oc2c(N(c4ccc(-c5ccc(C6(c7ccccc7)c7ccccc7-c7ccccc76)cc5)cc4)c4ccc5c(c4)sc4ccccc45)cccc23)cc1. The first-order valence-corrected chi connectivity index (χ1v) is 22.7. The summed E-state index contributed by atoms with van der Waals surface area (Å²) in [6.45, 7) is 0. The molecule has 1 aliphatic rings. The molecule has 0 aliphatic heterocycles. The molecule has 1 aliphatic carbocycles. The molecular formula is C61H39NOS. The van der Waals surface area contributed by atoms with Crippen LogP contribution in [-0.2, 0) is 5.41 Å². The molecule has 300 valence electrons.